The summed E-state index contributed by atoms with van der Waals surface area (Å²) in [7, 11) is 3.96. The molecular formula is C13H28N2O2. The maximum absolute atomic E-state index is 10.2. The van der Waals surface area contributed by atoms with Gasteiger partial charge in [0.05, 0.1) is 17.8 Å². The molecule has 0 saturated carbocycles. The highest BCUT2D eigenvalue weighted by Crippen LogP contribution is 2.19. The summed E-state index contributed by atoms with van der Waals surface area (Å²) in [5.74, 6) is 0. The van der Waals surface area contributed by atoms with Crippen molar-refractivity contribution in [2.24, 2.45) is 0 Å². The van der Waals surface area contributed by atoms with Crippen LogP contribution in [0.25, 0.3) is 0 Å². The van der Waals surface area contributed by atoms with Crippen molar-refractivity contribution in [2.75, 3.05) is 27.2 Å². The molecule has 0 aromatic rings. The summed E-state index contributed by atoms with van der Waals surface area (Å²) >= 11 is 0. The Morgan fingerprint density at radius 1 is 1.29 bits per heavy atom. The second kappa shape index (κ2) is 6.14. The second-order valence-electron chi connectivity index (χ2n) is 6.04. The van der Waals surface area contributed by atoms with E-state index in [4.69, 9.17) is 4.74 Å². The Hall–Kier alpha value is -0.160. The lowest BCUT2D eigenvalue weighted by Gasteiger charge is -2.35. The minimum Gasteiger partial charge on any atom is -0.388 e. The average molecular weight is 244 g/mol. The van der Waals surface area contributed by atoms with Crippen LogP contribution in [-0.4, -0.2) is 61.0 Å². The lowest BCUT2D eigenvalue weighted by atomic mass is 9.98. The highest BCUT2D eigenvalue weighted by Gasteiger charge is 2.27. The highest BCUT2D eigenvalue weighted by atomic mass is 16.5. The molecule has 1 aliphatic rings. The minimum absolute atomic E-state index is 0.315. The molecule has 0 amide bonds. The van der Waals surface area contributed by atoms with Crippen LogP contribution in [0.4, 0.5) is 0 Å². The van der Waals surface area contributed by atoms with Gasteiger partial charge in [0, 0.05) is 19.1 Å². The molecule has 17 heavy (non-hydrogen) atoms. The molecule has 102 valence electrons. The van der Waals surface area contributed by atoms with E-state index in [-0.39, 0.29) is 0 Å². The van der Waals surface area contributed by atoms with Gasteiger partial charge in [-0.2, -0.15) is 0 Å². The smallest absolute Gasteiger partial charge is 0.0869 e. The first-order valence-electron chi connectivity index (χ1n) is 6.54. The first-order chi connectivity index (χ1) is 7.78. The van der Waals surface area contributed by atoms with Gasteiger partial charge in [-0.1, -0.05) is 0 Å². The largest absolute Gasteiger partial charge is 0.388 e. The van der Waals surface area contributed by atoms with Gasteiger partial charge in [0.1, 0.15) is 0 Å². The normalized spacial score (nSPS) is 33.7. The summed E-state index contributed by atoms with van der Waals surface area (Å²) in [5, 5.41) is 13.7. The number of rotatable bonds is 5. The van der Waals surface area contributed by atoms with E-state index in [1.165, 1.54) is 0 Å². The van der Waals surface area contributed by atoms with Crippen molar-refractivity contribution in [2.45, 2.75) is 57.5 Å². The topological polar surface area (TPSA) is 44.7 Å². The van der Waals surface area contributed by atoms with Crippen molar-refractivity contribution in [3.63, 3.8) is 0 Å². The van der Waals surface area contributed by atoms with Crippen molar-refractivity contribution in [1.29, 1.82) is 0 Å². The number of hydrogen-bond donors (Lipinski definition) is 2. The van der Waals surface area contributed by atoms with Crippen LogP contribution in [0.5, 0.6) is 0 Å². The molecule has 0 aromatic heterocycles. The zero-order chi connectivity index (χ0) is 13.1. The number of aliphatic hydroxyl groups is 1. The molecule has 0 aliphatic carbocycles. The fraction of sp³-hybridized carbons (Fsp3) is 1.00. The SMILES string of the molecule is CC1CC(NCC(C)(O)CN(C)C)CC(C)O1. The van der Waals surface area contributed by atoms with Crippen LogP contribution in [0, 0.1) is 0 Å². The van der Waals surface area contributed by atoms with Gasteiger partial charge >= 0.3 is 0 Å². The summed E-state index contributed by atoms with van der Waals surface area (Å²) in [6.45, 7) is 7.42. The van der Waals surface area contributed by atoms with Crippen LogP contribution in [0.1, 0.15) is 33.6 Å². The fourth-order valence-corrected chi connectivity index (χ4v) is 2.67. The van der Waals surface area contributed by atoms with Gasteiger partial charge < -0.3 is 20.1 Å². The number of ether oxygens (including phenoxy) is 1. The zero-order valence-corrected chi connectivity index (χ0v) is 11.9. The maximum atomic E-state index is 10.2. The minimum atomic E-state index is -0.672. The summed E-state index contributed by atoms with van der Waals surface area (Å²) in [6.07, 6.45) is 2.69. The Kier molecular flexibility index (Phi) is 5.38. The van der Waals surface area contributed by atoms with Gasteiger partial charge in [0.25, 0.3) is 0 Å². The van der Waals surface area contributed by atoms with Crippen molar-refractivity contribution in [3.05, 3.63) is 0 Å². The summed E-state index contributed by atoms with van der Waals surface area (Å²) < 4.78 is 5.70. The van der Waals surface area contributed by atoms with E-state index >= 15 is 0 Å². The first-order valence-corrected chi connectivity index (χ1v) is 6.54. The van der Waals surface area contributed by atoms with Crippen molar-refractivity contribution >= 4 is 0 Å². The number of nitrogens with one attached hydrogen (secondary N) is 1. The Balaban J connectivity index is 2.34. The molecule has 4 heteroatoms. The Morgan fingerprint density at radius 3 is 2.29 bits per heavy atom. The van der Waals surface area contributed by atoms with Gasteiger partial charge in [-0.3, -0.25) is 0 Å². The summed E-state index contributed by atoms with van der Waals surface area (Å²) in [6, 6.07) is 0.461. The molecule has 1 rings (SSSR count). The molecule has 1 saturated heterocycles. The number of nitrogens with zero attached hydrogens (tertiary/aromatic N) is 1. The third-order valence-electron chi connectivity index (χ3n) is 3.13. The fourth-order valence-electron chi connectivity index (χ4n) is 2.67. The molecule has 0 aromatic carbocycles. The standard InChI is InChI=1S/C13H28N2O2/c1-10-6-12(7-11(2)17-10)14-8-13(3,16)9-15(4)5/h10-12,14,16H,6-9H2,1-5H3. The Morgan fingerprint density at radius 2 is 1.82 bits per heavy atom. The van der Waals surface area contributed by atoms with Crippen LogP contribution >= 0.6 is 0 Å². The van der Waals surface area contributed by atoms with Crippen LogP contribution in [0.2, 0.25) is 0 Å². The predicted molar refractivity (Wildman–Crippen MR) is 70.2 cm³/mol. The summed E-state index contributed by atoms with van der Waals surface area (Å²) in [5.41, 5.74) is -0.672. The van der Waals surface area contributed by atoms with Crippen molar-refractivity contribution in [3.8, 4) is 0 Å². The predicted octanol–water partition coefficient (Wildman–Crippen LogP) is 0.845. The Labute approximate surface area is 105 Å². The van der Waals surface area contributed by atoms with Gasteiger partial charge in [-0.25, -0.2) is 0 Å². The van der Waals surface area contributed by atoms with Crippen LogP contribution in [0.3, 0.4) is 0 Å². The van der Waals surface area contributed by atoms with Crippen molar-refractivity contribution in [1.82, 2.24) is 10.2 Å². The molecule has 1 heterocycles. The summed E-state index contributed by atoms with van der Waals surface area (Å²) in [4.78, 5) is 2.01. The van der Waals surface area contributed by atoms with E-state index in [0.717, 1.165) is 12.8 Å². The van der Waals surface area contributed by atoms with Gasteiger partial charge in [-0.15, -0.1) is 0 Å². The quantitative estimate of drug-likeness (QED) is 0.752. The van der Waals surface area contributed by atoms with E-state index in [1.807, 2.05) is 25.9 Å². The maximum Gasteiger partial charge on any atom is 0.0869 e. The highest BCUT2D eigenvalue weighted by molar-refractivity contribution is 4.84. The zero-order valence-electron chi connectivity index (χ0n) is 11.9. The van der Waals surface area contributed by atoms with E-state index in [2.05, 4.69) is 19.2 Å². The average Bonchev–Trinajstić information content (AvgIpc) is 2.11. The van der Waals surface area contributed by atoms with Gasteiger partial charge in [0.15, 0.2) is 0 Å². The van der Waals surface area contributed by atoms with E-state index < -0.39 is 5.60 Å². The van der Waals surface area contributed by atoms with Crippen molar-refractivity contribution < 1.29 is 9.84 Å². The molecule has 1 fully saturated rings. The molecule has 1 aliphatic heterocycles. The van der Waals surface area contributed by atoms with Crippen LogP contribution in [-0.2, 0) is 4.74 Å². The molecule has 0 bridgehead atoms. The van der Waals surface area contributed by atoms with Gasteiger partial charge in [-0.05, 0) is 47.7 Å². The van der Waals surface area contributed by atoms with Crippen LogP contribution in [0.15, 0.2) is 0 Å². The third kappa shape index (κ3) is 5.82. The number of likely N-dealkylation sites (N-methyl/N-ethyl adjacent to an activating group) is 1. The molecule has 3 atom stereocenters. The molecule has 3 unspecified atom stereocenters. The molecule has 0 radical (unpaired) electrons. The lowest BCUT2D eigenvalue weighted by Crippen LogP contribution is -2.50. The number of hydrogen-bond acceptors (Lipinski definition) is 4. The molecule has 0 spiro atoms. The second-order valence-corrected chi connectivity index (χ2v) is 6.04. The first kappa shape index (κ1) is 14.9. The third-order valence-corrected chi connectivity index (χ3v) is 3.13. The monoisotopic (exact) mass is 244 g/mol. The van der Waals surface area contributed by atoms with E-state index in [9.17, 15) is 5.11 Å². The molecular weight excluding hydrogens is 216 g/mol. The lowest BCUT2D eigenvalue weighted by molar-refractivity contribution is -0.0469. The molecule has 4 nitrogen and oxygen atoms in total. The van der Waals surface area contributed by atoms with E-state index in [0.29, 0.717) is 31.3 Å². The van der Waals surface area contributed by atoms with Crippen LogP contribution < -0.4 is 5.32 Å². The molecule has 2 N–H and O–H groups in total. The Bertz CT molecular complexity index is 221. The van der Waals surface area contributed by atoms with Gasteiger partial charge in [0.2, 0.25) is 0 Å². The van der Waals surface area contributed by atoms with E-state index in [1.54, 1.807) is 0 Å².